The lowest BCUT2D eigenvalue weighted by atomic mass is 9.91. The number of likely N-dealkylation sites (tertiary alicyclic amines) is 1. The summed E-state index contributed by atoms with van der Waals surface area (Å²) in [5.41, 5.74) is 4.15. The van der Waals surface area contributed by atoms with Crippen LogP contribution in [0.1, 0.15) is 46.5 Å². The van der Waals surface area contributed by atoms with Crippen LogP contribution in [0.2, 0.25) is 0 Å². The summed E-state index contributed by atoms with van der Waals surface area (Å²) in [4.78, 5) is 28.3. The molecule has 188 valence electrons. The minimum Gasteiger partial charge on any atom is -0.416 e. The van der Waals surface area contributed by atoms with E-state index >= 15 is 0 Å². The Balaban J connectivity index is 1.30. The number of piperidine rings is 1. The van der Waals surface area contributed by atoms with Crippen molar-refractivity contribution in [1.29, 1.82) is 0 Å². The van der Waals surface area contributed by atoms with Gasteiger partial charge < -0.3 is 14.6 Å². The average Bonchev–Trinajstić information content (AvgIpc) is 3.39. The summed E-state index contributed by atoms with van der Waals surface area (Å²) < 4.78 is 5.86. The van der Waals surface area contributed by atoms with E-state index in [2.05, 4.69) is 29.4 Å². The third kappa shape index (κ3) is 5.45. The number of nitrogens with zero attached hydrogens (tertiary/aromatic N) is 3. The molecule has 2 amide bonds. The van der Waals surface area contributed by atoms with Crippen molar-refractivity contribution in [3.05, 3.63) is 89.5 Å². The van der Waals surface area contributed by atoms with Gasteiger partial charge >= 0.3 is 0 Å². The molecule has 1 aliphatic heterocycles. The summed E-state index contributed by atoms with van der Waals surface area (Å²) in [7, 11) is 0. The first kappa shape index (κ1) is 24.4. The maximum absolute atomic E-state index is 13.3. The molecule has 0 aliphatic carbocycles. The first-order valence-electron chi connectivity index (χ1n) is 12.6. The Morgan fingerprint density at radius 2 is 1.54 bits per heavy atom. The number of amides is 2. The Hall–Kier alpha value is -4.26. The fourth-order valence-corrected chi connectivity index (χ4v) is 4.97. The van der Waals surface area contributed by atoms with E-state index in [1.807, 2.05) is 48.2 Å². The first-order chi connectivity index (χ1) is 17.9. The zero-order valence-corrected chi connectivity index (χ0v) is 21.3. The number of nitrogens with one attached hydrogen (secondary N) is 1. The van der Waals surface area contributed by atoms with Gasteiger partial charge in [-0.1, -0.05) is 43.7 Å². The van der Waals surface area contributed by atoms with Crippen LogP contribution < -0.4 is 5.32 Å². The maximum atomic E-state index is 13.3. The molecule has 2 heterocycles. The van der Waals surface area contributed by atoms with Crippen LogP contribution in [0.15, 0.2) is 77.2 Å². The van der Waals surface area contributed by atoms with E-state index in [9.17, 15) is 9.59 Å². The Kier molecular flexibility index (Phi) is 6.86. The second-order valence-electron chi connectivity index (χ2n) is 10.0. The van der Waals surface area contributed by atoms with E-state index in [0.29, 0.717) is 46.0 Å². The van der Waals surface area contributed by atoms with Crippen molar-refractivity contribution in [3.63, 3.8) is 0 Å². The molecule has 7 heteroatoms. The molecule has 1 fully saturated rings. The predicted octanol–water partition coefficient (Wildman–Crippen LogP) is 6.08. The Morgan fingerprint density at radius 3 is 2.24 bits per heavy atom. The van der Waals surface area contributed by atoms with Crippen molar-refractivity contribution < 1.29 is 14.0 Å². The van der Waals surface area contributed by atoms with Crippen LogP contribution in [-0.4, -0.2) is 40.0 Å². The molecule has 0 spiro atoms. The van der Waals surface area contributed by atoms with E-state index < -0.39 is 0 Å². The highest BCUT2D eigenvalue weighted by atomic mass is 16.4. The Morgan fingerprint density at radius 1 is 0.865 bits per heavy atom. The van der Waals surface area contributed by atoms with E-state index in [1.165, 1.54) is 0 Å². The largest absolute Gasteiger partial charge is 0.416 e. The number of hydrogen-bond donors (Lipinski definition) is 1. The van der Waals surface area contributed by atoms with Crippen molar-refractivity contribution in [2.75, 3.05) is 18.4 Å². The third-order valence-corrected chi connectivity index (χ3v) is 6.65. The van der Waals surface area contributed by atoms with Gasteiger partial charge in [0.05, 0.1) is 11.3 Å². The normalized spacial score (nSPS) is 17.4. The van der Waals surface area contributed by atoms with Crippen molar-refractivity contribution in [2.45, 2.75) is 27.2 Å². The molecule has 7 nitrogen and oxygen atoms in total. The monoisotopic (exact) mass is 494 g/mol. The molecular weight excluding hydrogens is 464 g/mol. The highest BCUT2D eigenvalue weighted by molar-refractivity contribution is 6.09. The lowest BCUT2D eigenvalue weighted by Crippen LogP contribution is -2.42. The second kappa shape index (κ2) is 10.4. The molecule has 1 N–H and O–H groups in total. The predicted molar refractivity (Wildman–Crippen MR) is 143 cm³/mol. The molecule has 4 aromatic rings. The van der Waals surface area contributed by atoms with Crippen LogP contribution in [0.4, 0.5) is 5.69 Å². The summed E-state index contributed by atoms with van der Waals surface area (Å²) >= 11 is 0. The molecule has 3 aromatic carbocycles. The van der Waals surface area contributed by atoms with Gasteiger partial charge in [0.25, 0.3) is 11.8 Å². The van der Waals surface area contributed by atoms with Crippen molar-refractivity contribution in [1.82, 2.24) is 15.1 Å². The van der Waals surface area contributed by atoms with E-state index in [-0.39, 0.29) is 11.8 Å². The molecule has 0 radical (unpaired) electrons. The fraction of sp³-hybridized carbons (Fsp3) is 0.267. The summed E-state index contributed by atoms with van der Waals surface area (Å²) in [5.74, 6) is 1.40. The maximum Gasteiger partial charge on any atom is 0.255 e. The highest BCUT2D eigenvalue weighted by Crippen LogP contribution is 2.27. The average molecular weight is 495 g/mol. The molecule has 1 aromatic heterocycles. The van der Waals surface area contributed by atoms with Crippen LogP contribution in [0, 0.1) is 18.8 Å². The summed E-state index contributed by atoms with van der Waals surface area (Å²) in [5, 5.41) is 11.2. The van der Waals surface area contributed by atoms with Crippen LogP contribution in [0.3, 0.4) is 0 Å². The molecule has 37 heavy (non-hydrogen) atoms. The minimum atomic E-state index is -0.293. The van der Waals surface area contributed by atoms with Gasteiger partial charge in [0, 0.05) is 29.8 Å². The van der Waals surface area contributed by atoms with E-state index in [4.69, 9.17) is 4.42 Å². The molecule has 0 bridgehead atoms. The molecule has 1 saturated heterocycles. The van der Waals surface area contributed by atoms with Crippen molar-refractivity contribution >= 4 is 17.5 Å². The van der Waals surface area contributed by atoms with E-state index in [0.717, 1.165) is 30.6 Å². The van der Waals surface area contributed by atoms with Crippen LogP contribution in [0.5, 0.6) is 0 Å². The zero-order valence-electron chi connectivity index (χ0n) is 21.3. The Bertz CT molecular complexity index is 1420. The minimum absolute atomic E-state index is 0.0505. The van der Waals surface area contributed by atoms with Gasteiger partial charge in [-0.3, -0.25) is 9.59 Å². The number of benzene rings is 3. The SMILES string of the molecule is Cc1cccc(-c2nnc(-c3ccc(C(=O)Nc4ccccc4C(=O)N4CC(C)CC(C)C4)cc3)o2)c1. The lowest BCUT2D eigenvalue weighted by molar-refractivity contribution is 0.0624. The first-order valence-corrected chi connectivity index (χ1v) is 12.6. The molecule has 1 aliphatic rings. The molecule has 2 unspecified atom stereocenters. The van der Waals surface area contributed by atoms with Gasteiger partial charge in [-0.2, -0.15) is 0 Å². The van der Waals surface area contributed by atoms with Crippen molar-refractivity contribution in [2.24, 2.45) is 11.8 Å². The highest BCUT2D eigenvalue weighted by Gasteiger charge is 2.27. The molecule has 2 atom stereocenters. The summed E-state index contributed by atoms with van der Waals surface area (Å²) in [6.45, 7) is 7.81. The number of anilines is 1. The number of para-hydroxylation sites is 1. The van der Waals surface area contributed by atoms with E-state index in [1.54, 1.807) is 36.4 Å². The lowest BCUT2D eigenvalue weighted by Gasteiger charge is -2.35. The molecular formula is C30H30N4O3. The van der Waals surface area contributed by atoms with Gasteiger partial charge in [-0.15, -0.1) is 10.2 Å². The van der Waals surface area contributed by atoms with Crippen LogP contribution in [0.25, 0.3) is 22.9 Å². The topological polar surface area (TPSA) is 88.3 Å². The summed E-state index contributed by atoms with van der Waals surface area (Å²) in [6, 6.07) is 22.0. The number of carbonyl (C=O) groups is 2. The number of aromatic nitrogens is 2. The quantitative estimate of drug-likeness (QED) is 0.363. The molecule has 5 rings (SSSR count). The van der Waals surface area contributed by atoms with Gasteiger partial charge in [0.1, 0.15) is 0 Å². The zero-order chi connectivity index (χ0) is 25.9. The Labute approximate surface area is 216 Å². The number of hydrogen-bond acceptors (Lipinski definition) is 5. The number of aryl methyl sites for hydroxylation is 1. The van der Waals surface area contributed by atoms with Gasteiger partial charge in [0.2, 0.25) is 11.8 Å². The van der Waals surface area contributed by atoms with Crippen LogP contribution >= 0.6 is 0 Å². The fourth-order valence-electron chi connectivity index (χ4n) is 4.97. The van der Waals surface area contributed by atoms with Crippen LogP contribution in [-0.2, 0) is 0 Å². The van der Waals surface area contributed by atoms with Gasteiger partial charge in [0.15, 0.2) is 0 Å². The number of rotatable bonds is 5. The third-order valence-electron chi connectivity index (χ3n) is 6.65. The molecule has 0 saturated carbocycles. The standard InChI is InChI=1S/C30H30N4O3/c1-19-7-6-8-24(16-19)29-33-32-28(37-29)23-13-11-22(12-14-23)27(35)31-26-10-5-4-9-25(26)30(36)34-17-20(2)15-21(3)18-34/h4-14,16,20-21H,15,17-18H2,1-3H3,(H,31,35). The van der Waals surface area contributed by atoms with Gasteiger partial charge in [-0.05, 0) is 73.7 Å². The second-order valence-corrected chi connectivity index (χ2v) is 10.0. The summed E-state index contributed by atoms with van der Waals surface area (Å²) in [6.07, 6.45) is 1.12. The smallest absolute Gasteiger partial charge is 0.255 e. The van der Waals surface area contributed by atoms with Gasteiger partial charge in [-0.25, -0.2) is 0 Å². The number of carbonyl (C=O) groups excluding carboxylic acids is 2. The van der Waals surface area contributed by atoms with Crippen molar-refractivity contribution in [3.8, 4) is 22.9 Å².